The van der Waals surface area contributed by atoms with Gasteiger partial charge in [-0.3, -0.25) is 9.36 Å². The summed E-state index contributed by atoms with van der Waals surface area (Å²) in [5, 5.41) is 0. The van der Waals surface area contributed by atoms with Crippen molar-refractivity contribution in [1.29, 1.82) is 0 Å². The lowest BCUT2D eigenvalue weighted by molar-refractivity contribution is -0.0233. The van der Waals surface area contributed by atoms with Crippen LogP contribution in [0, 0.1) is 13.8 Å². The summed E-state index contributed by atoms with van der Waals surface area (Å²) < 4.78 is 7.82. The van der Waals surface area contributed by atoms with Crippen molar-refractivity contribution in [2.45, 2.75) is 20.0 Å². The number of amides is 1. The van der Waals surface area contributed by atoms with Crippen LogP contribution in [0.2, 0.25) is 0 Å². The third-order valence-electron chi connectivity index (χ3n) is 5.02. The summed E-state index contributed by atoms with van der Waals surface area (Å²) in [6, 6.07) is 16.2. The molecular formula is C22H23N3O2. The molecular weight excluding hydrogens is 338 g/mol. The second-order valence-corrected chi connectivity index (χ2v) is 6.96. The first kappa shape index (κ1) is 17.5. The van der Waals surface area contributed by atoms with Gasteiger partial charge in [-0.15, -0.1) is 0 Å². The molecule has 0 unspecified atom stereocenters. The zero-order valence-corrected chi connectivity index (χ0v) is 15.6. The maximum atomic E-state index is 13.2. The summed E-state index contributed by atoms with van der Waals surface area (Å²) in [5.41, 5.74) is 5.07. The third kappa shape index (κ3) is 3.51. The Morgan fingerprint density at radius 1 is 1.15 bits per heavy atom. The maximum absolute atomic E-state index is 13.2. The highest BCUT2D eigenvalue weighted by molar-refractivity contribution is 5.93. The standard InChI is InChI=1S/C22H23N3O2/c1-16-8-9-19(17(2)12-16)21-14-24(10-11-27-21)22(26)20-13-23-15-25(20)18-6-4-3-5-7-18/h3-9,12-13,15,21H,10-11,14H2,1-2H3/t21-/m1/s1. The van der Waals surface area contributed by atoms with Crippen molar-refractivity contribution in [2.24, 2.45) is 0 Å². The number of aromatic nitrogens is 2. The van der Waals surface area contributed by atoms with Crippen LogP contribution in [0.15, 0.2) is 61.1 Å². The number of ether oxygens (including phenoxy) is 1. The van der Waals surface area contributed by atoms with Gasteiger partial charge in [0.2, 0.25) is 0 Å². The van der Waals surface area contributed by atoms with E-state index in [-0.39, 0.29) is 12.0 Å². The van der Waals surface area contributed by atoms with Crippen LogP contribution < -0.4 is 0 Å². The van der Waals surface area contributed by atoms with Crippen LogP contribution >= 0.6 is 0 Å². The molecule has 3 aromatic rings. The number of para-hydroxylation sites is 1. The average Bonchev–Trinajstić information content (AvgIpc) is 3.18. The SMILES string of the molecule is Cc1ccc([C@H]2CN(C(=O)c3cncn3-c3ccccc3)CCO2)c(C)c1. The van der Waals surface area contributed by atoms with E-state index in [0.29, 0.717) is 25.4 Å². The van der Waals surface area contributed by atoms with E-state index < -0.39 is 0 Å². The molecule has 0 spiro atoms. The van der Waals surface area contributed by atoms with Gasteiger partial charge in [-0.2, -0.15) is 0 Å². The van der Waals surface area contributed by atoms with Crippen LogP contribution in [0.25, 0.3) is 5.69 Å². The Morgan fingerprint density at radius 2 is 1.96 bits per heavy atom. The molecule has 0 aliphatic carbocycles. The predicted molar refractivity (Wildman–Crippen MR) is 104 cm³/mol. The molecule has 1 saturated heterocycles. The molecule has 0 saturated carbocycles. The van der Waals surface area contributed by atoms with Crippen molar-refractivity contribution in [3.63, 3.8) is 0 Å². The van der Waals surface area contributed by atoms with Crippen LogP contribution in [0.4, 0.5) is 0 Å². The first-order chi connectivity index (χ1) is 13.1. The van der Waals surface area contributed by atoms with E-state index in [1.165, 1.54) is 11.1 Å². The Morgan fingerprint density at radius 3 is 2.74 bits per heavy atom. The molecule has 27 heavy (non-hydrogen) atoms. The van der Waals surface area contributed by atoms with Crippen LogP contribution in [0.1, 0.15) is 33.3 Å². The highest BCUT2D eigenvalue weighted by atomic mass is 16.5. The van der Waals surface area contributed by atoms with Gasteiger partial charge in [-0.05, 0) is 37.1 Å². The number of hydrogen-bond donors (Lipinski definition) is 0. The Bertz CT molecular complexity index is 949. The number of morpholine rings is 1. The zero-order chi connectivity index (χ0) is 18.8. The molecule has 2 aromatic carbocycles. The number of nitrogens with zero attached hydrogens (tertiary/aromatic N) is 3. The Labute approximate surface area is 159 Å². The summed E-state index contributed by atoms with van der Waals surface area (Å²) in [6.07, 6.45) is 3.22. The first-order valence-corrected chi connectivity index (χ1v) is 9.19. The van der Waals surface area contributed by atoms with Crippen LogP contribution in [0.5, 0.6) is 0 Å². The molecule has 2 heterocycles. The van der Waals surface area contributed by atoms with Gasteiger partial charge in [-0.1, -0.05) is 42.0 Å². The number of carbonyl (C=O) groups excluding carboxylic acids is 1. The Balaban J connectivity index is 1.57. The highest BCUT2D eigenvalue weighted by Gasteiger charge is 2.28. The molecule has 1 atom stereocenters. The van der Waals surface area contributed by atoms with Crippen molar-refractivity contribution in [1.82, 2.24) is 14.5 Å². The molecule has 5 heteroatoms. The molecule has 5 nitrogen and oxygen atoms in total. The summed E-state index contributed by atoms with van der Waals surface area (Å²) >= 11 is 0. The van der Waals surface area contributed by atoms with Gasteiger partial charge in [0.25, 0.3) is 5.91 Å². The summed E-state index contributed by atoms with van der Waals surface area (Å²) in [5.74, 6) is -0.0191. The van der Waals surface area contributed by atoms with Gasteiger partial charge in [0, 0.05) is 12.2 Å². The summed E-state index contributed by atoms with van der Waals surface area (Å²) in [6.45, 7) is 5.84. The van der Waals surface area contributed by atoms with Gasteiger partial charge in [0.15, 0.2) is 0 Å². The summed E-state index contributed by atoms with van der Waals surface area (Å²) in [4.78, 5) is 19.2. The number of benzene rings is 2. The molecule has 1 aliphatic rings. The minimum Gasteiger partial charge on any atom is -0.370 e. The monoisotopic (exact) mass is 361 g/mol. The lowest BCUT2D eigenvalue weighted by Crippen LogP contribution is -2.43. The van der Waals surface area contributed by atoms with Crippen LogP contribution in [0.3, 0.4) is 0 Å². The smallest absolute Gasteiger partial charge is 0.272 e. The van der Waals surface area contributed by atoms with E-state index in [2.05, 4.69) is 37.0 Å². The van der Waals surface area contributed by atoms with E-state index in [0.717, 1.165) is 11.3 Å². The normalized spacial score (nSPS) is 17.1. The van der Waals surface area contributed by atoms with Gasteiger partial charge in [0.05, 0.1) is 25.7 Å². The molecule has 4 rings (SSSR count). The highest BCUT2D eigenvalue weighted by Crippen LogP contribution is 2.27. The quantitative estimate of drug-likeness (QED) is 0.715. The largest absolute Gasteiger partial charge is 0.370 e. The van der Waals surface area contributed by atoms with E-state index in [1.54, 1.807) is 12.5 Å². The van der Waals surface area contributed by atoms with Gasteiger partial charge >= 0.3 is 0 Å². The molecule has 1 amide bonds. The van der Waals surface area contributed by atoms with Gasteiger partial charge in [0.1, 0.15) is 11.8 Å². The third-order valence-corrected chi connectivity index (χ3v) is 5.02. The van der Waals surface area contributed by atoms with Crippen molar-refractivity contribution in [2.75, 3.05) is 19.7 Å². The maximum Gasteiger partial charge on any atom is 0.272 e. The lowest BCUT2D eigenvalue weighted by atomic mass is 10.00. The fourth-order valence-corrected chi connectivity index (χ4v) is 3.62. The van der Waals surface area contributed by atoms with E-state index in [9.17, 15) is 4.79 Å². The van der Waals surface area contributed by atoms with Crippen molar-refractivity contribution < 1.29 is 9.53 Å². The second kappa shape index (κ2) is 7.37. The minimum absolute atomic E-state index is 0.0191. The number of aryl methyl sites for hydroxylation is 2. The van der Waals surface area contributed by atoms with Crippen molar-refractivity contribution in [3.05, 3.63) is 83.4 Å². The minimum atomic E-state index is -0.101. The fraction of sp³-hybridized carbons (Fsp3) is 0.273. The van der Waals surface area contributed by atoms with Crippen LogP contribution in [-0.2, 0) is 4.74 Å². The molecule has 0 radical (unpaired) electrons. The van der Waals surface area contributed by atoms with E-state index >= 15 is 0 Å². The number of imidazole rings is 1. The zero-order valence-electron chi connectivity index (χ0n) is 15.6. The fourth-order valence-electron chi connectivity index (χ4n) is 3.62. The number of rotatable bonds is 3. The number of hydrogen-bond acceptors (Lipinski definition) is 3. The Hall–Kier alpha value is -2.92. The summed E-state index contributed by atoms with van der Waals surface area (Å²) in [7, 11) is 0. The van der Waals surface area contributed by atoms with Crippen molar-refractivity contribution >= 4 is 5.91 Å². The lowest BCUT2D eigenvalue weighted by Gasteiger charge is -2.34. The molecule has 0 N–H and O–H groups in total. The average molecular weight is 361 g/mol. The molecule has 1 fully saturated rings. The van der Waals surface area contributed by atoms with E-state index in [4.69, 9.17) is 4.74 Å². The van der Waals surface area contributed by atoms with Gasteiger partial charge < -0.3 is 9.64 Å². The topological polar surface area (TPSA) is 47.4 Å². The second-order valence-electron chi connectivity index (χ2n) is 6.96. The number of carbonyl (C=O) groups is 1. The first-order valence-electron chi connectivity index (χ1n) is 9.19. The Kier molecular flexibility index (Phi) is 4.77. The predicted octanol–water partition coefficient (Wildman–Crippen LogP) is 3.70. The van der Waals surface area contributed by atoms with E-state index in [1.807, 2.05) is 39.8 Å². The van der Waals surface area contributed by atoms with Gasteiger partial charge in [-0.25, -0.2) is 4.98 Å². The molecule has 138 valence electrons. The molecule has 1 aliphatic heterocycles. The van der Waals surface area contributed by atoms with Crippen LogP contribution in [-0.4, -0.2) is 40.1 Å². The molecule has 1 aromatic heterocycles. The van der Waals surface area contributed by atoms with Crippen molar-refractivity contribution in [3.8, 4) is 5.69 Å². The molecule has 0 bridgehead atoms.